The largest absolute Gasteiger partial charge is 0.289 e. The Hall–Kier alpha value is -1.76. The first-order valence-electron chi connectivity index (χ1n) is 4.13. The van der Waals surface area contributed by atoms with Crippen molar-refractivity contribution in [2.75, 3.05) is 18.1 Å². The zero-order valence-electron chi connectivity index (χ0n) is 7.50. The molecule has 0 unspecified atom stereocenters. The molecule has 78 valence electrons. The molecule has 2 heterocycles. The number of halogens is 1. The van der Waals surface area contributed by atoms with Gasteiger partial charge >= 0.3 is 0 Å². The number of pyridine rings is 1. The minimum Gasteiger partial charge on any atom is -0.258 e. The van der Waals surface area contributed by atoms with Crippen molar-refractivity contribution >= 4 is 23.0 Å². The van der Waals surface area contributed by atoms with Gasteiger partial charge < -0.3 is 0 Å². The summed E-state index contributed by atoms with van der Waals surface area (Å²) in [6.07, 6.45) is 1.11. The molecule has 1 aliphatic rings. The van der Waals surface area contributed by atoms with Crippen molar-refractivity contribution < 1.29 is 4.92 Å². The van der Waals surface area contributed by atoms with Crippen molar-refractivity contribution in [3.05, 3.63) is 27.5 Å². The second-order valence-corrected chi connectivity index (χ2v) is 3.20. The molecule has 1 aromatic rings. The number of anilines is 1. The lowest BCUT2D eigenvalue weighted by atomic mass is 10.3. The maximum absolute atomic E-state index is 10.5. The van der Waals surface area contributed by atoms with E-state index in [1.54, 1.807) is 0 Å². The molecule has 8 heteroatoms. The Morgan fingerprint density at radius 3 is 3.00 bits per heavy atom. The number of hydrogen-bond acceptors (Lipinski definition) is 6. The second-order valence-electron chi connectivity index (χ2n) is 2.84. The topological polar surface area (TPSA) is 84.0 Å². The van der Waals surface area contributed by atoms with E-state index in [9.17, 15) is 10.1 Å². The van der Waals surface area contributed by atoms with Gasteiger partial charge in [0.1, 0.15) is 11.9 Å². The predicted molar refractivity (Wildman–Crippen MR) is 53.0 cm³/mol. The fourth-order valence-corrected chi connectivity index (χ4v) is 1.38. The first kappa shape index (κ1) is 9.78. The minimum absolute atomic E-state index is 0.114. The van der Waals surface area contributed by atoms with Crippen LogP contribution in [-0.4, -0.2) is 23.0 Å². The minimum atomic E-state index is -0.528. The Balaban J connectivity index is 2.40. The van der Waals surface area contributed by atoms with Crippen molar-refractivity contribution in [2.24, 2.45) is 10.3 Å². The highest BCUT2D eigenvalue weighted by Crippen LogP contribution is 2.28. The molecule has 0 saturated carbocycles. The lowest BCUT2D eigenvalue weighted by Crippen LogP contribution is -2.14. The van der Waals surface area contributed by atoms with E-state index in [2.05, 4.69) is 15.3 Å². The third kappa shape index (κ3) is 1.86. The van der Waals surface area contributed by atoms with Gasteiger partial charge in [-0.3, -0.25) is 10.1 Å². The zero-order chi connectivity index (χ0) is 10.8. The van der Waals surface area contributed by atoms with Gasteiger partial charge in [-0.15, -0.1) is 0 Å². The van der Waals surface area contributed by atoms with Crippen LogP contribution in [0.2, 0.25) is 5.15 Å². The smallest absolute Gasteiger partial charge is 0.258 e. The Morgan fingerprint density at radius 2 is 2.40 bits per heavy atom. The van der Waals surface area contributed by atoms with Crippen LogP contribution in [0.4, 0.5) is 11.4 Å². The van der Waals surface area contributed by atoms with E-state index in [-0.39, 0.29) is 10.8 Å². The van der Waals surface area contributed by atoms with Gasteiger partial charge in [0, 0.05) is 6.07 Å². The average molecular weight is 228 g/mol. The zero-order valence-corrected chi connectivity index (χ0v) is 8.26. The van der Waals surface area contributed by atoms with E-state index in [1.807, 2.05) is 0 Å². The molecule has 0 spiro atoms. The summed E-state index contributed by atoms with van der Waals surface area (Å²) in [5.41, 5.74) is 0.295. The molecule has 0 saturated heterocycles. The summed E-state index contributed by atoms with van der Waals surface area (Å²) in [5, 5.41) is 19.7. The van der Waals surface area contributed by atoms with Gasteiger partial charge in [0.25, 0.3) is 5.69 Å². The lowest BCUT2D eigenvalue weighted by molar-refractivity contribution is -0.385. The highest BCUT2D eigenvalue weighted by molar-refractivity contribution is 6.32. The number of rotatable bonds is 2. The SMILES string of the molecule is O=[N+]([O-])c1cnc(Cl)c(N2CCN=N2)c1. The molecule has 0 radical (unpaired) electrons. The molecule has 0 aromatic carbocycles. The normalized spacial score (nSPS) is 14.6. The van der Waals surface area contributed by atoms with Crippen molar-refractivity contribution in [3.63, 3.8) is 0 Å². The highest BCUT2D eigenvalue weighted by Gasteiger charge is 2.18. The van der Waals surface area contributed by atoms with Gasteiger partial charge in [-0.1, -0.05) is 16.8 Å². The van der Waals surface area contributed by atoms with Gasteiger partial charge in [0.2, 0.25) is 0 Å². The Morgan fingerprint density at radius 1 is 1.60 bits per heavy atom. The van der Waals surface area contributed by atoms with E-state index in [1.165, 1.54) is 11.1 Å². The van der Waals surface area contributed by atoms with Crippen LogP contribution in [0.5, 0.6) is 0 Å². The van der Waals surface area contributed by atoms with E-state index >= 15 is 0 Å². The first-order valence-corrected chi connectivity index (χ1v) is 4.51. The summed E-state index contributed by atoms with van der Waals surface area (Å²) < 4.78 is 0. The second kappa shape index (κ2) is 3.77. The van der Waals surface area contributed by atoms with Crippen LogP contribution in [0.15, 0.2) is 22.6 Å². The fourth-order valence-electron chi connectivity index (χ4n) is 1.18. The molecular weight excluding hydrogens is 222 g/mol. The number of aromatic nitrogens is 1. The van der Waals surface area contributed by atoms with Crippen molar-refractivity contribution in [1.82, 2.24) is 4.98 Å². The molecule has 0 atom stereocenters. The van der Waals surface area contributed by atoms with E-state index in [0.717, 1.165) is 6.20 Å². The van der Waals surface area contributed by atoms with Gasteiger partial charge in [-0.05, 0) is 0 Å². The summed E-state index contributed by atoms with van der Waals surface area (Å²) in [6.45, 7) is 1.11. The van der Waals surface area contributed by atoms with Crippen molar-refractivity contribution in [3.8, 4) is 0 Å². The molecule has 0 fully saturated rings. The molecule has 15 heavy (non-hydrogen) atoms. The molecule has 2 rings (SSSR count). The summed E-state index contributed by atoms with van der Waals surface area (Å²) in [6, 6.07) is 1.33. The molecule has 0 amide bonds. The maximum atomic E-state index is 10.5. The van der Waals surface area contributed by atoms with Crippen LogP contribution < -0.4 is 5.01 Å². The summed E-state index contributed by atoms with van der Waals surface area (Å²) in [5.74, 6) is 0. The molecule has 0 bridgehead atoms. The van der Waals surface area contributed by atoms with E-state index in [4.69, 9.17) is 11.6 Å². The Bertz CT molecular complexity index is 435. The van der Waals surface area contributed by atoms with Gasteiger partial charge in [0.15, 0.2) is 5.15 Å². The Kier molecular flexibility index (Phi) is 2.46. The predicted octanol–water partition coefficient (Wildman–Crippen LogP) is 1.83. The standard InChI is InChI=1S/C7H6ClN5O2/c8-7-6(12-2-1-10-11-12)3-5(4-9-7)13(14)15/h3-4H,1-2H2. The average Bonchev–Trinajstić information content (AvgIpc) is 2.71. The molecule has 1 aliphatic heterocycles. The molecule has 0 N–H and O–H groups in total. The monoisotopic (exact) mass is 227 g/mol. The van der Waals surface area contributed by atoms with Crippen LogP contribution >= 0.6 is 11.6 Å². The van der Waals surface area contributed by atoms with Gasteiger partial charge in [-0.25, -0.2) is 9.99 Å². The summed E-state index contributed by atoms with van der Waals surface area (Å²) in [4.78, 5) is 13.7. The third-order valence-electron chi connectivity index (χ3n) is 1.88. The van der Waals surface area contributed by atoms with E-state index < -0.39 is 4.92 Å². The third-order valence-corrected chi connectivity index (χ3v) is 2.17. The first-order chi connectivity index (χ1) is 7.18. The van der Waals surface area contributed by atoms with Gasteiger partial charge in [0.05, 0.1) is 18.0 Å². The number of hydrogen-bond donors (Lipinski definition) is 0. The quantitative estimate of drug-likeness (QED) is 0.438. The molecule has 1 aromatic heterocycles. The van der Waals surface area contributed by atoms with E-state index in [0.29, 0.717) is 18.8 Å². The molecular formula is C7H6ClN5O2. The van der Waals surface area contributed by atoms with Crippen molar-refractivity contribution in [1.29, 1.82) is 0 Å². The van der Waals surface area contributed by atoms with Crippen LogP contribution in [-0.2, 0) is 0 Å². The molecule has 0 aliphatic carbocycles. The van der Waals surface area contributed by atoms with Crippen LogP contribution in [0.25, 0.3) is 0 Å². The maximum Gasteiger partial charge on any atom is 0.289 e. The number of nitro groups is 1. The fraction of sp³-hybridized carbons (Fsp3) is 0.286. The van der Waals surface area contributed by atoms with Crippen molar-refractivity contribution in [2.45, 2.75) is 0 Å². The Labute approximate surface area is 89.5 Å². The number of nitrogens with zero attached hydrogens (tertiary/aromatic N) is 5. The van der Waals surface area contributed by atoms with Gasteiger partial charge in [-0.2, -0.15) is 5.11 Å². The lowest BCUT2D eigenvalue weighted by Gasteiger charge is -2.11. The van der Waals surface area contributed by atoms with Crippen LogP contribution in [0.3, 0.4) is 0 Å². The molecule has 7 nitrogen and oxygen atoms in total. The van der Waals surface area contributed by atoms with Crippen LogP contribution in [0.1, 0.15) is 0 Å². The summed E-state index contributed by atoms with van der Waals surface area (Å²) >= 11 is 5.80. The van der Waals surface area contributed by atoms with Crippen LogP contribution in [0, 0.1) is 10.1 Å². The summed E-state index contributed by atoms with van der Waals surface area (Å²) in [7, 11) is 0. The highest BCUT2D eigenvalue weighted by atomic mass is 35.5.